The highest BCUT2D eigenvalue weighted by atomic mass is 32.2. The third-order valence-corrected chi connectivity index (χ3v) is 4.72. The number of ether oxygens (including phenoxy) is 1. The van der Waals surface area contributed by atoms with Crippen molar-refractivity contribution in [2.45, 2.75) is 39.3 Å². The van der Waals surface area contributed by atoms with Gasteiger partial charge in [-0.15, -0.1) is 0 Å². The number of hydrogen-bond acceptors (Lipinski definition) is 5. The van der Waals surface area contributed by atoms with Gasteiger partial charge >= 0.3 is 10.1 Å². The molecule has 0 unspecified atom stereocenters. The van der Waals surface area contributed by atoms with E-state index in [4.69, 9.17) is 8.92 Å². The molecule has 0 bridgehead atoms. The standard InChI is InChI=1S/C21H27NO5S/c1-16(2)22(21(23)13-11-17-8-6-5-7-9-17)15-18-10-12-19(26-3)20(14-18)27-28(4,24)25/h5-10,12,14,16H,11,13,15H2,1-4H3. The van der Waals surface area contributed by atoms with E-state index in [1.807, 2.05) is 44.2 Å². The van der Waals surface area contributed by atoms with E-state index in [1.165, 1.54) is 7.11 Å². The number of amides is 1. The van der Waals surface area contributed by atoms with Crippen LogP contribution in [-0.4, -0.2) is 38.6 Å². The van der Waals surface area contributed by atoms with Gasteiger partial charge in [-0.25, -0.2) is 0 Å². The van der Waals surface area contributed by atoms with Crippen molar-refractivity contribution in [3.05, 3.63) is 59.7 Å². The lowest BCUT2D eigenvalue weighted by atomic mass is 10.1. The van der Waals surface area contributed by atoms with Crippen molar-refractivity contribution in [3.63, 3.8) is 0 Å². The summed E-state index contributed by atoms with van der Waals surface area (Å²) in [6.07, 6.45) is 2.06. The fraction of sp³-hybridized carbons (Fsp3) is 0.381. The van der Waals surface area contributed by atoms with Crippen molar-refractivity contribution in [1.29, 1.82) is 0 Å². The van der Waals surface area contributed by atoms with Crippen molar-refractivity contribution < 1.29 is 22.1 Å². The summed E-state index contributed by atoms with van der Waals surface area (Å²) in [7, 11) is -2.25. The Kier molecular flexibility index (Phi) is 7.45. The monoisotopic (exact) mass is 405 g/mol. The van der Waals surface area contributed by atoms with Gasteiger partial charge in [-0.05, 0) is 43.5 Å². The van der Waals surface area contributed by atoms with E-state index in [0.717, 1.165) is 17.4 Å². The molecule has 0 saturated carbocycles. The van der Waals surface area contributed by atoms with Crippen LogP contribution in [0.15, 0.2) is 48.5 Å². The van der Waals surface area contributed by atoms with E-state index in [0.29, 0.717) is 25.1 Å². The van der Waals surface area contributed by atoms with Crippen LogP contribution in [0.4, 0.5) is 0 Å². The molecule has 0 radical (unpaired) electrons. The minimum atomic E-state index is -3.69. The van der Waals surface area contributed by atoms with Gasteiger partial charge in [0.05, 0.1) is 13.4 Å². The first kappa shape index (κ1) is 21.8. The number of methoxy groups -OCH3 is 1. The van der Waals surface area contributed by atoms with Crippen molar-refractivity contribution in [2.24, 2.45) is 0 Å². The second kappa shape index (κ2) is 9.59. The van der Waals surface area contributed by atoms with Crippen molar-refractivity contribution in [2.75, 3.05) is 13.4 Å². The molecule has 0 aromatic heterocycles. The number of carbonyl (C=O) groups excluding carboxylic acids is 1. The molecule has 0 spiro atoms. The molecule has 0 aliphatic rings. The summed E-state index contributed by atoms with van der Waals surface area (Å²) < 4.78 is 33.2. The van der Waals surface area contributed by atoms with E-state index < -0.39 is 10.1 Å². The van der Waals surface area contributed by atoms with Gasteiger partial charge in [-0.1, -0.05) is 36.4 Å². The number of carbonyl (C=O) groups is 1. The summed E-state index contributed by atoms with van der Waals surface area (Å²) >= 11 is 0. The average molecular weight is 406 g/mol. The Balaban J connectivity index is 2.14. The Morgan fingerprint density at radius 3 is 2.29 bits per heavy atom. The van der Waals surface area contributed by atoms with Gasteiger partial charge in [0.2, 0.25) is 5.91 Å². The van der Waals surface area contributed by atoms with Gasteiger partial charge < -0.3 is 13.8 Å². The lowest BCUT2D eigenvalue weighted by molar-refractivity contribution is -0.133. The van der Waals surface area contributed by atoms with Crippen LogP contribution in [0.1, 0.15) is 31.4 Å². The SMILES string of the molecule is COc1ccc(CN(C(=O)CCc2ccccc2)C(C)C)cc1OS(C)(=O)=O. The molecular weight excluding hydrogens is 378 g/mol. The molecule has 2 rings (SSSR count). The number of rotatable bonds is 9. The predicted octanol–water partition coefficient (Wildman–Crippen LogP) is 3.40. The van der Waals surface area contributed by atoms with Crippen molar-refractivity contribution in [3.8, 4) is 11.5 Å². The molecular formula is C21H27NO5S. The molecule has 152 valence electrons. The fourth-order valence-corrected chi connectivity index (χ4v) is 3.30. The van der Waals surface area contributed by atoms with E-state index in [9.17, 15) is 13.2 Å². The van der Waals surface area contributed by atoms with Crippen LogP contribution in [0, 0.1) is 0 Å². The van der Waals surface area contributed by atoms with Crippen LogP contribution >= 0.6 is 0 Å². The summed E-state index contributed by atoms with van der Waals surface area (Å²) in [5, 5.41) is 0. The van der Waals surface area contributed by atoms with Gasteiger partial charge in [0.25, 0.3) is 0 Å². The summed E-state index contributed by atoms with van der Waals surface area (Å²) in [4.78, 5) is 14.5. The summed E-state index contributed by atoms with van der Waals surface area (Å²) in [6, 6.07) is 14.9. The van der Waals surface area contributed by atoms with Crippen LogP contribution < -0.4 is 8.92 Å². The van der Waals surface area contributed by atoms with Gasteiger partial charge in [0.15, 0.2) is 11.5 Å². The smallest absolute Gasteiger partial charge is 0.306 e. The molecule has 0 N–H and O–H groups in total. The Bertz CT molecular complexity index is 894. The highest BCUT2D eigenvalue weighted by Gasteiger charge is 2.19. The Labute approximate surface area is 167 Å². The normalized spacial score (nSPS) is 11.3. The fourth-order valence-electron chi connectivity index (χ4n) is 2.84. The maximum atomic E-state index is 12.8. The molecule has 2 aromatic rings. The minimum absolute atomic E-state index is 0.00431. The first-order valence-electron chi connectivity index (χ1n) is 9.09. The lowest BCUT2D eigenvalue weighted by Gasteiger charge is -2.27. The second-order valence-corrected chi connectivity index (χ2v) is 8.45. The molecule has 0 aliphatic carbocycles. The zero-order valence-electron chi connectivity index (χ0n) is 16.7. The van der Waals surface area contributed by atoms with E-state index >= 15 is 0 Å². The number of benzene rings is 2. The number of hydrogen-bond donors (Lipinski definition) is 0. The van der Waals surface area contributed by atoms with Gasteiger partial charge in [-0.3, -0.25) is 4.79 Å². The quantitative estimate of drug-likeness (QED) is 0.598. The topological polar surface area (TPSA) is 72.9 Å². The summed E-state index contributed by atoms with van der Waals surface area (Å²) in [5.74, 6) is 0.476. The molecule has 0 fully saturated rings. The van der Waals surface area contributed by atoms with E-state index in [-0.39, 0.29) is 17.7 Å². The largest absolute Gasteiger partial charge is 0.493 e. The predicted molar refractivity (Wildman–Crippen MR) is 109 cm³/mol. The number of aryl methyl sites for hydroxylation is 1. The molecule has 6 nitrogen and oxygen atoms in total. The average Bonchev–Trinajstić information content (AvgIpc) is 2.63. The Morgan fingerprint density at radius 2 is 1.71 bits per heavy atom. The van der Waals surface area contributed by atoms with Crippen molar-refractivity contribution >= 4 is 16.0 Å². The zero-order valence-corrected chi connectivity index (χ0v) is 17.5. The Hall–Kier alpha value is -2.54. The molecule has 0 aliphatic heterocycles. The summed E-state index contributed by atoms with van der Waals surface area (Å²) in [6.45, 7) is 4.27. The third-order valence-electron chi connectivity index (χ3n) is 4.24. The number of nitrogens with zero attached hydrogens (tertiary/aromatic N) is 1. The summed E-state index contributed by atoms with van der Waals surface area (Å²) in [5.41, 5.74) is 1.88. The molecule has 7 heteroatoms. The molecule has 0 saturated heterocycles. The van der Waals surface area contributed by atoms with Crippen LogP contribution in [0.2, 0.25) is 0 Å². The van der Waals surface area contributed by atoms with Crippen LogP contribution in [0.25, 0.3) is 0 Å². The van der Waals surface area contributed by atoms with Crippen LogP contribution in [0.5, 0.6) is 11.5 Å². The lowest BCUT2D eigenvalue weighted by Crippen LogP contribution is -2.36. The maximum absolute atomic E-state index is 12.8. The minimum Gasteiger partial charge on any atom is -0.493 e. The first-order valence-corrected chi connectivity index (χ1v) is 10.9. The highest BCUT2D eigenvalue weighted by molar-refractivity contribution is 7.86. The molecule has 28 heavy (non-hydrogen) atoms. The molecule has 0 heterocycles. The maximum Gasteiger partial charge on any atom is 0.306 e. The molecule has 2 aromatic carbocycles. The van der Waals surface area contributed by atoms with E-state index in [2.05, 4.69) is 0 Å². The first-order chi connectivity index (χ1) is 13.2. The molecule has 0 atom stereocenters. The van der Waals surface area contributed by atoms with Crippen LogP contribution in [0.3, 0.4) is 0 Å². The second-order valence-electron chi connectivity index (χ2n) is 6.87. The Morgan fingerprint density at radius 1 is 1.04 bits per heavy atom. The molecule has 1 amide bonds. The van der Waals surface area contributed by atoms with E-state index in [1.54, 1.807) is 23.1 Å². The zero-order chi connectivity index (χ0) is 20.7. The van der Waals surface area contributed by atoms with Gasteiger partial charge in [0, 0.05) is 19.0 Å². The van der Waals surface area contributed by atoms with Crippen LogP contribution in [-0.2, 0) is 27.9 Å². The third kappa shape index (κ3) is 6.56. The van der Waals surface area contributed by atoms with Crippen molar-refractivity contribution in [1.82, 2.24) is 4.90 Å². The highest BCUT2D eigenvalue weighted by Crippen LogP contribution is 2.30. The van der Waals surface area contributed by atoms with Gasteiger partial charge in [-0.2, -0.15) is 8.42 Å². The van der Waals surface area contributed by atoms with Gasteiger partial charge in [0.1, 0.15) is 0 Å².